The quantitative estimate of drug-likeness (QED) is 0.790. The van der Waals surface area contributed by atoms with Crippen LogP contribution >= 0.6 is 0 Å². The SMILES string of the molecule is C.CC(C)CN.CCn1ncc2c(C)c(-c3nnc(C)o3)cnc21. The molecule has 3 rings (SSSR count). The molecule has 0 spiro atoms. The molecule has 3 aromatic rings. The average molecular weight is 332 g/mol. The van der Waals surface area contributed by atoms with E-state index < -0.39 is 0 Å². The molecule has 7 nitrogen and oxygen atoms in total. The van der Waals surface area contributed by atoms with Crippen molar-refractivity contribution in [3.63, 3.8) is 0 Å². The van der Waals surface area contributed by atoms with E-state index in [0.29, 0.717) is 17.7 Å². The molecule has 0 aromatic carbocycles. The Labute approximate surface area is 143 Å². The Kier molecular flexibility index (Phi) is 7.03. The molecule has 0 aliphatic carbocycles. The highest BCUT2D eigenvalue weighted by Crippen LogP contribution is 2.26. The highest BCUT2D eigenvalue weighted by Gasteiger charge is 2.14. The standard InChI is InChI=1S/C12H13N5O.C4H11N.CH4/c1-4-17-11-9(6-14-17)7(2)10(5-13-11)12-16-15-8(3)18-12;1-4(2)3-5;/h5-6H,4H2,1-3H3;4H,3,5H2,1-2H3;1H4. The molecule has 0 radical (unpaired) electrons. The fourth-order valence-corrected chi connectivity index (χ4v) is 2.00. The van der Waals surface area contributed by atoms with Crippen LogP contribution in [0.2, 0.25) is 0 Å². The second-order valence-electron chi connectivity index (χ2n) is 5.75. The smallest absolute Gasteiger partial charge is 0.249 e. The van der Waals surface area contributed by atoms with Crippen molar-refractivity contribution >= 4 is 11.0 Å². The molecule has 0 bridgehead atoms. The molecule has 3 aromatic heterocycles. The Bertz CT molecular complexity index is 775. The molecular weight excluding hydrogens is 304 g/mol. The Balaban J connectivity index is 0.000000425. The first kappa shape index (κ1) is 19.8. The highest BCUT2D eigenvalue weighted by atomic mass is 16.4. The lowest BCUT2D eigenvalue weighted by atomic mass is 10.1. The Morgan fingerprint density at radius 2 is 1.88 bits per heavy atom. The molecule has 0 unspecified atom stereocenters. The van der Waals surface area contributed by atoms with E-state index in [1.165, 1.54) is 0 Å². The molecule has 0 fully saturated rings. The summed E-state index contributed by atoms with van der Waals surface area (Å²) < 4.78 is 7.31. The van der Waals surface area contributed by atoms with E-state index >= 15 is 0 Å². The van der Waals surface area contributed by atoms with Gasteiger partial charge in [0.25, 0.3) is 0 Å². The number of pyridine rings is 1. The predicted molar refractivity (Wildman–Crippen MR) is 96.6 cm³/mol. The summed E-state index contributed by atoms with van der Waals surface area (Å²) >= 11 is 0. The first-order chi connectivity index (χ1) is 11.0. The van der Waals surface area contributed by atoms with Crippen LogP contribution in [0.15, 0.2) is 16.8 Å². The molecule has 7 heteroatoms. The van der Waals surface area contributed by atoms with Crippen LogP contribution in [0.1, 0.15) is 39.7 Å². The minimum absolute atomic E-state index is 0. The van der Waals surface area contributed by atoms with Crippen molar-refractivity contribution in [3.8, 4) is 11.5 Å². The van der Waals surface area contributed by atoms with Crippen molar-refractivity contribution in [2.45, 2.75) is 48.6 Å². The van der Waals surface area contributed by atoms with Crippen LogP contribution in [-0.2, 0) is 6.54 Å². The van der Waals surface area contributed by atoms with E-state index in [9.17, 15) is 0 Å². The molecule has 3 heterocycles. The zero-order valence-corrected chi connectivity index (χ0v) is 14.4. The third-order valence-electron chi connectivity index (χ3n) is 3.46. The number of rotatable bonds is 3. The lowest BCUT2D eigenvalue weighted by Crippen LogP contribution is -2.05. The summed E-state index contributed by atoms with van der Waals surface area (Å²) in [6.07, 6.45) is 3.59. The topological polar surface area (TPSA) is 95.7 Å². The van der Waals surface area contributed by atoms with E-state index in [-0.39, 0.29) is 7.43 Å². The predicted octanol–water partition coefficient (Wildman–Crippen LogP) is 3.36. The normalized spacial score (nSPS) is 10.5. The maximum Gasteiger partial charge on any atom is 0.249 e. The summed E-state index contributed by atoms with van der Waals surface area (Å²) in [4.78, 5) is 4.43. The molecule has 0 amide bonds. The Morgan fingerprint density at radius 1 is 1.21 bits per heavy atom. The molecule has 0 saturated heterocycles. The number of hydrogen-bond acceptors (Lipinski definition) is 6. The maximum atomic E-state index is 5.44. The second-order valence-corrected chi connectivity index (χ2v) is 5.75. The fourth-order valence-electron chi connectivity index (χ4n) is 2.00. The number of nitrogens with zero attached hydrogens (tertiary/aromatic N) is 5. The van der Waals surface area contributed by atoms with Gasteiger partial charge in [0.1, 0.15) is 0 Å². The van der Waals surface area contributed by atoms with Crippen LogP contribution in [0.3, 0.4) is 0 Å². The largest absolute Gasteiger partial charge is 0.421 e. The van der Waals surface area contributed by atoms with Gasteiger partial charge in [0, 0.05) is 25.1 Å². The number of nitrogens with two attached hydrogens (primary N) is 1. The van der Waals surface area contributed by atoms with E-state index in [2.05, 4.69) is 34.1 Å². The van der Waals surface area contributed by atoms with Crippen molar-refractivity contribution in [2.24, 2.45) is 11.7 Å². The van der Waals surface area contributed by atoms with Crippen LogP contribution in [0.4, 0.5) is 0 Å². The van der Waals surface area contributed by atoms with Gasteiger partial charge in [-0.1, -0.05) is 21.3 Å². The number of hydrogen-bond donors (Lipinski definition) is 1. The van der Waals surface area contributed by atoms with Crippen LogP contribution in [-0.4, -0.2) is 31.5 Å². The molecule has 0 aliphatic heterocycles. The molecule has 2 N–H and O–H groups in total. The van der Waals surface area contributed by atoms with E-state index in [4.69, 9.17) is 10.2 Å². The fraction of sp³-hybridized carbons (Fsp3) is 0.529. The van der Waals surface area contributed by atoms with Crippen LogP contribution in [0, 0.1) is 19.8 Å². The van der Waals surface area contributed by atoms with E-state index in [1.54, 1.807) is 13.1 Å². The lowest BCUT2D eigenvalue weighted by molar-refractivity contribution is 0.532. The molecule has 0 saturated carbocycles. The molecule has 24 heavy (non-hydrogen) atoms. The second kappa shape index (κ2) is 8.54. The Hall–Kier alpha value is -2.28. The van der Waals surface area contributed by atoms with Gasteiger partial charge in [-0.05, 0) is 31.9 Å². The molecule has 0 aliphatic rings. The summed E-state index contributed by atoms with van der Waals surface area (Å²) in [5.41, 5.74) is 7.97. The van der Waals surface area contributed by atoms with Gasteiger partial charge in [-0.15, -0.1) is 10.2 Å². The van der Waals surface area contributed by atoms with Gasteiger partial charge >= 0.3 is 0 Å². The van der Waals surface area contributed by atoms with Crippen LogP contribution < -0.4 is 5.73 Å². The van der Waals surface area contributed by atoms with Gasteiger partial charge in [-0.25, -0.2) is 9.67 Å². The highest BCUT2D eigenvalue weighted by molar-refractivity contribution is 5.84. The Morgan fingerprint density at radius 3 is 2.38 bits per heavy atom. The van der Waals surface area contributed by atoms with Gasteiger partial charge in [-0.3, -0.25) is 0 Å². The van der Waals surface area contributed by atoms with Gasteiger partial charge in [0.2, 0.25) is 11.8 Å². The molecule has 132 valence electrons. The van der Waals surface area contributed by atoms with Crippen LogP contribution in [0.25, 0.3) is 22.5 Å². The summed E-state index contributed by atoms with van der Waals surface area (Å²) in [7, 11) is 0. The number of aryl methyl sites for hydroxylation is 3. The van der Waals surface area contributed by atoms with Gasteiger partial charge in [0.15, 0.2) is 5.65 Å². The van der Waals surface area contributed by atoms with Crippen molar-refractivity contribution in [2.75, 3.05) is 6.54 Å². The third-order valence-corrected chi connectivity index (χ3v) is 3.46. The van der Waals surface area contributed by atoms with Crippen molar-refractivity contribution in [1.29, 1.82) is 0 Å². The summed E-state index contributed by atoms with van der Waals surface area (Å²) in [6.45, 7) is 11.6. The van der Waals surface area contributed by atoms with Gasteiger partial charge in [-0.2, -0.15) is 5.10 Å². The van der Waals surface area contributed by atoms with Crippen molar-refractivity contribution < 1.29 is 4.42 Å². The van der Waals surface area contributed by atoms with Crippen molar-refractivity contribution in [1.82, 2.24) is 25.0 Å². The maximum absolute atomic E-state index is 5.44. The number of aromatic nitrogens is 5. The zero-order valence-electron chi connectivity index (χ0n) is 14.4. The summed E-state index contributed by atoms with van der Waals surface area (Å²) in [6, 6.07) is 0. The summed E-state index contributed by atoms with van der Waals surface area (Å²) in [5, 5.41) is 13.2. The minimum Gasteiger partial charge on any atom is -0.421 e. The molecular formula is C17H28N6O. The van der Waals surface area contributed by atoms with E-state index in [1.807, 2.05) is 24.7 Å². The zero-order chi connectivity index (χ0) is 17.0. The third kappa shape index (κ3) is 4.17. The average Bonchev–Trinajstić information content (AvgIpc) is 3.14. The van der Waals surface area contributed by atoms with Crippen LogP contribution in [0.5, 0.6) is 0 Å². The van der Waals surface area contributed by atoms with E-state index in [0.717, 1.165) is 35.2 Å². The minimum atomic E-state index is 0. The van der Waals surface area contributed by atoms with Gasteiger partial charge in [0.05, 0.1) is 11.8 Å². The molecule has 0 atom stereocenters. The monoisotopic (exact) mass is 332 g/mol. The first-order valence-corrected chi connectivity index (χ1v) is 7.79. The first-order valence-electron chi connectivity index (χ1n) is 7.79. The number of fused-ring (bicyclic) bond motifs is 1. The summed E-state index contributed by atoms with van der Waals surface area (Å²) in [5.74, 6) is 1.72. The lowest BCUT2D eigenvalue weighted by Gasteiger charge is -2.03. The van der Waals surface area contributed by atoms with Crippen molar-refractivity contribution in [3.05, 3.63) is 23.8 Å². The van der Waals surface area contributed by atoms with Gasteiger partial charge < -0.3 is 10.2 Å².